The molecule has 2 aromatic carbocycles. The molecule has 110 valence electrons. The fourth-order valence-electron chi connectivity index (χ4n) is 2.91. The molecule has 3 rings (SSSR count). The topological polar surface area (TPSA) is 35.2 Å². The molecule has 2 nitrogen and oxygen atoms in total. The van der Waals surface area contributed by atoms with Crippen LogP contribution < -0.4 is 10.5 Å². The molecule has 0 aliphatic heterocycles. The minimum absolute atomic E-state index is 0.101. The summed E-state index contributed by atoms with van der Waals surface area (Å²) in [5.74, 6) is -1.79. The Kier molecular flexibility index (Phi) is 3.37. The third-order valence-electron chi connectivity index (χ3n) is 3.90. The summed E-state index contributed by atoms with van der Waals surface area (Å²) >= 11 is 0. The van der Waals surface area contributed by atoms with E-state index in [0.717, 1.165) is 12.1 Å². The van der Waals surface area contributed by atoms with Gasteiger partial charge in [-0.05, 0) is 30.0 Å². The molecule has 0 fully saturated rings. The van der Waals surface area contributed by atoms with Gasteiger partial charge in [-0.1, -0.05) is 6.07 Å². The Hall–Kier alpha value is -2.01. The number of nitrogens with two attached hydrogens (primary N) is 1. The van der Waals surface area contributed by atoms with Crippen LogP contribution in [0.15, 0.2) is 24.3 Å². The van der Waals surface area contributed by atoms with Crippen molar-refractivity contribution in [1.82, 2.24) is 0 Å². The van der Waals surface area contributed by atoms with Crippen LogP contribution in [0.1, 0.15) is 23.6 Å². The Morgan fingerprint density at radius 1 is 1.10 bits per heavy atom. The van der Waals surface area contributed by atoms with Crippen molar-refractivity contribution in [3.8, 4) is 16.9 Å². The predicted molar refractivity (Wildman–Crippen MR) is 73.6 cm³/mol. The highest BCUT2D eigenvalue weighted by atomic mass is 19.1. The molecule has 0 bridgehead atoms. The summed E-state index contributed by atoms with van der Waals surface area (Å²) in [6.07, 6.45) is 1.08. The van der Waals surface area contributed by atoms with Gasteiger partial charge in [0, 0.05) is 23.7 Å². The number of hydrogen-bond acceptors (Lipinski definition) is 2. The molecule has 0 radical (unpaired) electrons. The molecule has 0 heterocycles. The number of ether oxygens (including phenoxy) is 1. The highest BCUT2D eigenvalue weighted by Crippen LogP contribution is 2.40. The standard InChI is InChI=1S/C16H14F3NO/c1-21-8-6-12(18)15(13(19)7-8)9-2-4-11(17)16-10(9)3-5-14(16)20/h2,4,6-7,14H,3,5,20H2,1H3/t14-/m1/s1. The first-order valence-corrected chi connectivity index (χ1v) is 6.63. The van der Waals surface area contributed by atoms with Gasteiger partial charge in [0.1, 0.15) is 23.2 Å². The monoisotopic (exact) mass is 293 g/mol. The lowest BCUT2D eigenvalue weighted by molar-refractivity contribution is 0.407. The minimum atomic E-state index is -0.735. The maximum Gasteiger partial charge on any atom is 0.137 e. The third kappa shape index (κ3) is 2.17. The Balaban J connectivity index is 2.24. The number of benzene rings is 2. The van der Waals surface area contributed by atoms with E-state index in [1.807, 2.05) is 0 Å². The van der Waals surface area contributed by atoms with Crippen molar-refractivity contribution in [1.29, 1.82) is 0 Å². The van der Waals surface area contributed by atoms with E-state index in [0.29, 0.717) is 29.5 Å². The van der Waals surface area contributed by atoms with Gasteiger partial charge in [0.2, 0.25) is 0 Å². The molecule has 2 N–H and O–H groups in total. The molecule has 1 atom stereocenters. The van der Waals surface area contributed by atoms with Crippen LogP contribution in [0.5, 0.6) is 5.75 Å². The summed E-state index contributed by atoms with van der Waals surface area (Å²) in [5.41, 5.74) is 7.01. The zero-order valence-electron chi connectivity index (χ0n) is 11.4. The fourth-order valence-corrected chi connectivity index (χ4v) is 2.91. The number of halogens is 3. The zero-order valence-corrected chi connectivity index (χ0v) is 11.4. The van der Waals surface area contributed by atoms with Gasteiger partial charge in [0.25, 0.3) is 0 Å². The van der Waals surface area contributed by atoms with Crippen LogP contribution in [-0.4, -0.2) is 7.11 Å². The summed E-state index contributed by atoms with van der Waals surface area (Å²) in [7, 11) is 1.34. The maximum absolute atomic E-state index is 14.2. The van der Waals surface area contributed by atoms with E-state index in [2.05, 4.69) is 0 Å². The first kappa shape index (κ1) is 13.9. The van der Waals surface area contributed by atoms with E-state index in [4.69, 9.17) is 10.5 Å². The van der Waals surface area contributed by atoms with Crippen molar-refractivity contribution in [3.05, 3.63) is 52.8 Å². The Labute approximate surface area is 120 Å². The minimum Gasteiger partial charge on any atom is -0.497 e. The summed E-state index contributed by atoms with van der Waals surface area (Å²) < 4.78 is 47.1. The smallest absolute Gasteiger partial charge is 0.137 e. The molecule has 0 unspecified atom stereocenters. The van der Waals surface area contributed by atoms with Crippen molar-refractivity contribution < 1.29 is 17.9 Å². The van der Waals surface area contributed by atoms with Gasteiger partial charge in [0.15, 0.2) is 0 Å². The molecular formula is C16H14F3NO. The molecule has 0 spiro atoms. The SMILES string of the molecule is COc1cc(F)c(-c2ccc(F)c3c2CC[C@H]3N)c(F)c1. The number of rotatable bonds is 2. The maximum atomic E-state index is 14.2. The van der Waals surface area contributed by atoms with E-state index < -0.39 is 23.5 Å². The Bertz CT molecular complexity index is 692. The van der Waals surface area contributed by atoms with Crippen LogP contribution in [0.3, 0.4) is 0 Å². The molecule has 0 saturated heterocycles. The molecule has 21 heavy (non-hydrogen) atoms. The quantitative estimate of drug-likeness (QED) is 0.915. The largest absolute Gasteiger partial charge is 0.497 e. The van der Waals surface area contributed by atoms with E-state index >= 15 is 0 Å². The normalized spacial score (nSPS) is 16.9. The first-order chi connectivity index (χ1) is 10.0. The molecule has 2 aromatic rings. The van der Waals surface area contributed by atoms with Crippen molar-refractivity contribution >= 4 is 0 Å². The second-order valence-corrected chi connectivity index (χ2v) is 5.10. The Morgan fingerprint density at radius 2 is 1.76 bits per heavy atom. The summed E-state index contributed by atoms with van der Waals surface area (Å²) in [5, 5.41) is 0. The van der Waals surface area contributed by atoms with Crippen molar-refractivity contribution in [2.24, 2.45) is 5.73 Å². The second kappa shape index (κ2) is 5.07. The van der Waals surface area contributed by atoms with E-state index in [9.17, 15) is 13.2 Å². The van der Waals surface area contributed by atoms with Gasteiger partial charge < -0.3 is 10.5 Å². The van der Waals surface area contributed by atoms with Crippen molar-refractivity contribution in [2.75, 3.05) is 7.11 Å². The van der Waals surface area contributed by atoms with E-state index in [1.165, 1.54) is 19.2 Å². The Morgan fingerprint density at radius 3 is 2.38 bits per heavy atom. The van der Waals surface area contributed by atoms with E-state index in [1.54, 1.807) is 0 Å². The van der Waals surface area contributed by atoms with Crippen LogP contribution in [0.2, 0.25) is 0 Å². The van der Waals surface area contributed by atoms with Crippen LogP contribution >= 0.6 is 0 Å². The summed E-state index contributed by atoms with van der Waals surface area (Å²) in [6, 6.07) is 4.42. The predicted octanol–water partition coefficient (Wildman–Crippen LogP) is 3.73. The van der Waals surface area contributed by atoms with Crippen LogP contribution in [0.25, 0.3) is 11.1 Å². The van der Waals surface area contributed by atoms with Gasteiger partial charge in [-0.3, -0.25) is 0 Å². The number of hydrogen-bond donors (Lipinski definition) is 1. The average molecular weight is 293 g/mol. The lowest BCUT2D eigenvalue weighted by Crippen LogP contribution is -2.08. The second-order valence-electron chi connectivity index (χ2n) is 5.10. The van der Waals surface area contributed by atoms with Crippen LogP contribution in [-0.2, 0) is 6.42 Å². The molecule has 0 aromatic heterocycles. The molecular weight excluding hydrogens is 279 g/mol. The number of fused-ring (bicyclic) bond motifs is 1. The van der Waals surface area contributed by atoms with Gasteiger partial charge in [-0.15, -0.1) is 0 Å². The summed E-state index contributed by atoms with van der Waals surface area (Å²) in [6.45, 7) is 0. The molecule has 1 aliphatic carbocycles. The lowest BCUT2D eigenvalue weighted by atomic mass is 9.95. The molecule has 1 aliphatic rings. The third-order valence-corrected chi connectivity index (χ3v) is 3.90. The van der Waals surface area contributed by atoms with Gasteiger partial charge >= 0.3 is 0 Å². The van der Waals surface area contributed by atoms with Gasteiger partial charge in [0.05, 0.1) is 12.7 Å². The molecule has 0 amide bonds. The molecule has 0 saturated carbocycles. The molecule has 5 heteroatoms. The number of methoxy groups -OCH3 is 1. The lowest BCUT2D eigenvalue weighted by Gasteiger charge is -2.13. The van der Waals surface area contributed by atoms with Crippen LogP contribution in [0, 0.1) is 17.5 Å². The van der Waals surface area contributed by atoms with Crippen molar-refractivity contribution in [2.45, 2.75) is 18.9 Å². The van der Waals surface area contributed by atoms with Gasteiger partial charge in [-0.2, -0.15) is 0 Å². The van der Waals surface area contributed by atoms with Crippen LogP contribution in [0.4, 0.5) is 13.2 Å². The average Bonchev–Trinajstić information content (AvgIpc) is 2.83. The highest BCUT2D eigenvalue weighted by molar-refractivity contribution is 5.72. The van der Waals surface area contributed by atoms with Crippen molar-refractivity contribution in [3.63, 3.8) is 0 Å². The van der Waals surface area contributed by atoms with E-state index in [-0.39, 0.29) is 11.3 Å². The first-order valence-electron chi connectivity index (χ1n) is 6.63. The fraction of sp³-hybridized carbons (Fsp3) is 0.250. The zero-order chi connectivity index (χ0) is 15.1. The summed E-state index contributed by atoms with van der Waals surface area (Å²) in [4.78, 5) is 0. The highest BCUT2D eigenvalue weighted by Gasteiger charge is 2.28. The van der Waals surface area contributed by atoms with Gasteiger partial charge in [-0.25, -0.2) is 13.2 Å².